The van der Waals surface area contributed by atoms with E-state index in [1.54, 1.807) is 20.8 Å². The van der Waals surface area contributed by atoms with Crippen LogP contribution in [0.5, 0.6) is 0 Å². The number of nitrogens with zero attached hydrogens (tertiary/aromatic N) is 2. The molecule has 0 amide bonds. The van der Waals surface area contributed by atoms with Crippen molar-refractivity contribution in [3.8, 4) is 0 Å². The van der Waals surface area contributed by atoms with Gasteiger partial charge in [0.15, 0.2) is 0 Å². The van der Waals surface area contributed by atoms with E-state index in [1.807, 2.05) is 6.92 Å². The van der Waals surface area contributed by atoms with Gasteiger partial charge in [-0.15, -0.1) is 0 Å². The van der Waals surface area contributed by atoms with Crippen molar-refractivity contribution in [2.24, 2.45) is 0 Å². The monoisotopic (exact) mass is 262 g/mol. The van der Waals surface area contributed by atoms with Crippen molar-refractivity contribution in [2.75, 3.05) is 5.75 Å². The summed E-state index contributed by atoms with van der Waals surface area (Å²) in [6.07, 6.45) is 1.26. The Morgan fingerprint density at radius 1 is 1.41 bits per heavy atom. The summed E-state index contributed by atoms with van der Waals surface area (Å²) in [6, 6.07) is 0. The Bertz CT molecular complexity index is 485. The van der Waals surface area contributed by atoms with Gasteiger partial charge in [0.1, 0.15) is 0 Å². The van der Waals surface area contributed by atoms with Crippen molar-refractivity contribution in [1.29, 1.82) is 0 Å². The van der Waals surface area contributed by atoms with Gasteiger partial charge in [0.2, 0.25) is 15.5 Å². The number of rotatable bonds is 4. The summed E-state index contributed by atoms with van der Waals surface area (Å²) in [5.74, 6) is -0.0595. The van der Waals surface area contributed by atoms with Gasteiger partial charge in [0.25, 0.3) is 0 Å². The number of sulfone groups is 1. The van der Waals surface area contributed by atoms with Crippen molar-refractivity contribution in [3.05, 3.63) is 10.9 Å². The Morgan fingerprint density at radius 2 is 2.00 bits per heavy atom. The zero-order valence-corrected chi connectivity index (χ0v) is 11.4. The highest BCUT2D eigenvalue weighted by Gasteiger charge is 2.38. The molecule has 0 spiro atoms. The van der Waals surface area contributed by atoms with Gasteiger partial charge >= 0.3 is 5.03 Å². The average molecular weight is 262 g/mol. The molecule has 0 aliphatic carbocycles. The molecule has 0 aliphatic rings. The molecule has 0 saturated carbocycles. The molecule has 1 aromatic rings. The van der Waals surface area contributed by atoms with Crippen LogP contribution in [-0.2, 0) is 15.3 Å². The lowest BCUT2D eigenvalue weighted by atomic mass is 9.93. The highest BCUT2D eigenvalue weighted by atomic mass is 32.2. The molecule has 0 saturated heterocycles. The van der Waals surface area contributed by atoms with Gasteiger partial charge in [0, 0.05) is 10.6 Å². The first-order valence-electron chi connectivity index (χ1n) is 5.53. The molecule has 0 aliphatic heterocycles. The van der Waals surface area contributed by atoms with Crippen LogP contribution in [0.1, 0.15) is 46.2 Å². The van der Waals surface area contributed by atoms with Crippen LogP contribution in [0, 0.1) is 5.21 Å². The van der Waals surface area contributed by atoms with Crippen LogP contribution < -0.4 is 4.90 Å². The molecular weight excluding hydrogens is 244 g/mol. The highest BCUT2D eigenvalue weighted by molar-refractivity contribution is 7.91. The Morgan fingerprint density at radius 3 is 2.47 bits per heavy atom. The minimum atomic E-state index is -3.63. The van der Waals surface area contributed by atoms with E-state index in [-0.39, 0.29) is 21.4 Å². The molecule has 0 N–H and O–H groups in total. The van der Waals surface area contributed by atoms with Crippen molar-refractivity contribution in [2.45, 2.75) is 51.0 Å². The normalized spacial score (nSPS) is 12.9. The fourth-order valence-electron chi connectivity index (χ4n) is 1.39. The second-order valence-corrected chi connectivity index (χ2v) is 7.03. The third kappa shape index (κ3) is 2.96. The quantitative estimate of drug-likeness (QED) is 0.760. The molecule has 17 heavy (non-hydrogen) atoms. The van der Waals surface area contributed by atoms with Crippen LogP contribution in [0.15, 0.2) is 9.65 Å². The van der Waals surface area contributed by atoms with Crippen molar-refractivity contribution in [3.63, 3.8) is 0 Å². The molecule has 1 heterocycles. The van der Waals surface area contributed by atoms with E-state index in [0.29, 0.717) is 6.42 Å². The third-order valence-corrected chi connectivity index (χ3v) is 4.10. The average Bonchev–Trinajstić information content (AvgIpc) is 2.57. The van der Waals surface area contributed by atoms with Gasteiger partial charge in [-0.25, -0.2) is 8.42 Å². The van der Waals surface area contributed by atoms with Crippen LogP contribution in [0.2, 0.25) is 0 Å². The third-order valence-electron chi connectivity index (χ3n) is 2.35. The van der Waals surface area contributed by atoms with E-state index >= 15 is 0 Å². The van der Waals surface area contributed by atoms with E-state index in [1.165, 1.54) is 0 Å². The minimum Gasteiger partial charge on any atom is -0.358 e. The predicted molar refractivity (Wildman–Crippen MR) is 61.1 cm³/mol. The predicted octanol–water partition coefficient (Wildman–Crippen LogP) is 1.18. The van der Waals surface area contributed by atoms with Crippen LogP contribution >= 0.6 is 0 Å². The van der Waals surface area contributed by atoms with Gasteiger partial charge in [-0.3, -0.25) is 4.63 Å². The molecule has 1 rings (SSSR count). The zero-order valence-electron chi connectivity index (χ0n) is 10.6. The Labute approximate surface area is 101 Å². The number of hydrogen-bond acceptors (Lipinski definition) is 5. The maximum Gasteiger partial charge on any atom is 0.312 e. The summed E-state index contributed by atoms with van der Waals surface area (Å²) >= 11 is 0. The summed E-state index contributed by atoms with van der Waals surface area (Å²) in [5, 5.41) is 14.6. The molecule has 98 valence electrons. The van der Waals surface area contributed by atoms with Gasteiger partial charge in [-0.2, -0.15) is 0 Å². The summed E-state index contributed by atoms with van der Waals surface area (Å²) in [4.78, 5) is -0.00836. The second kappa shape index (κ2) is 4.64. The van der Waals surface area contributed by atoms with E-state index in [4.69, 9.17) is 0 Å². The molecule has 7 heteroatoms. The molecule has 6 nitrogen and oxygen atoms in total. The van der Waals surface area contributed by atoms with E-state index in [2.05, 4.69) is 9.79 Å². The summed E-state index contributed by atoms with van der Waals surface area (Å²) in [5.41, 5.74) is -0.364. The SMILES string of the molecule is CCCCS(=O)(=O)c1c(C(C)(C)C)no[n+]1[O-]. The van der Waals surface area contributed by atoms with Crippen LogP contribution in [0.4, 0.5) is 0 Å². The molecule has 0 unspecified atom stereocenters. The molecule has 0 aromatic carbocycles. The van der Waals surface area contributed by atoms with Crippen molar-refractivity contribution < 1.29 is 17.9 Å². The lowest BCUT2D eigenvalue weighted by Gasteiger charge is -2.11. The fraction of sp³-hybridized carbons (Fsp3) is 0.800. The van der Waals surface area contributed by atoms with E-state index in [9.17, 15) is 13.6 Å². The maximum atomic E-state index is 12.0. The van der Waals surface area contributed by atoms with Crippen molar-refractivity contribution in [1.82, 2.24) is 5.16 Å². The molecule has 0 fully saturated rings. The molecule has 0 radical (unpaired) electrons. The molecule has 0 atom stereocenters. The van der Waals surface area contributed by atoms with Crippen LogP contribution in [0.25, 0.3) is 0 Å². The first-order valence-corrected chi connectivity index (χ1v) is 7.18. The maximum absolute atomic E-state index is 12.0. The molecular formula is C10H18N2O4S. The summed E-state index contributed by atoms with van der Waals surface area (Å²) < 4.78 is 28.5. The molecule has 0 bridgehead atoms. The summed E-state index contributed by atoms with van der Waals surface area (Å²) in [6.45, 7) is 7.23. The largest absolute Gasteiger partial charge is 0.358 e. The van der Waals surface area contributed by atoms with Crippen LogP contribution in [-0.4, -0.2) is 19.3 Å². The minimum absolute atomic E-state index is 0.00836. The van der Waals surface area contributed by atoms with E-state index in [0.717, 1.165) is 6.42 Å². The number of unbranched alkanes of at least 4 members (excludes halogenated alkanes) is 1. The standard InChI is InChI=1S/C10H18N2O4S/c1-5-6-7-17(14,15)9-8(10(2,3)4)11-16-12(9)13/h5-7H2,1-4H3. The Hall–Kier alpha value is -1.11. The van der Waals surface area contributed by atoms with Gasteiger partial charge < -0.3 is 5.21 Å². The number of aromatic nitrogens is 2. The smallest absolute Gasteiger partial charge is 0.312 e. The highest BCUT2D eigenvalue weighted by Crippen LogP contribution is 2.25. The second-order valence-electron chi connectivity index (χ2n) is 5.01. The van der Waals surface area contributed by atoms with E-state index < -0.39 is 15.3 Å². The molecule has 1 aromatic heterocycles. The topological polar surface area (TPSA) is 87.1 Å². The lowest BCUT2D eigenvalue weighted by molar-refractivity contribution is -0.832. The zero-order chi connectivity index (χ0) is 13.3. The Balaban J connectivity index is 3.26. The first kappa shape index (κ1) is 14.0. The summed E-state index contributed by atoms with van der Waals surface area (Å²) in [7, 11) is -3.63. The van der Waals surface area contributed by atoms with Gasteiger partial charge in [-0.1, -0.05) is 34.1 Å². The van der Waals surface area contributed by atoms with Gasteiger partial charge in [-0.05, 0) is 11.3 Å². The lowest BCUT2D eigenvalue weighted by Crippen LogP contribution is -2.34. The Kier molecular flexibility index (Phi) is 3.81. The fourth-order valence-corrected chi connectivity index (χ4v) is 3.15. The first-order chi connectivity index (χ1) is 7.70. The van der Waals surface area contributed by atoms with Gasteiger partial charge in [0.05, 0.1) is 5.75 Å². The van der Waals surface area contributed by atoms with Crippen LogP contribution in [0.3, 0.4) is 0 Å². The van der Waals surface area contributed by atoms with Crippen molar-refractivity contribution >= 4 is 9.84 Å². The number of hydrogen-bond donors (Lipinski definition) is 0.